The molecule has 0 heterocycles. The molecule has 0 aliphatic heterocycles. The monoisotopic (exact) mass is 861 g/mol. The fourth-order valence-corrected chi connectivity index (χ4v) is 8.14. The number of unbranched alkanes of at least 4 members (excludes halogenated alkanes) is 37. The third-order valence-corrected chi connectivity index (χ3v) is 12.3. The minimum absolute atomic E-state index is 0.0660. The second-order valence-electron chi connectivity index (χ2n) is 18.5. The molecule has 6 nitrogen and oxygen atoms in total. The van der Waals surface area contributed by atoms with E-state index in [1.807, 2.05) is 0 Å². The molecule has 0 amide bonds. The lowest BCUT2D eigenvalue weighted by Gasteiger charge is -2.18. The van der Waals surface area contributed by atoms with E-state index in [0.29, 0.717) is 19.3 Å². The molecule has 0 aromatic rings. The molecule has 1 unspecified atom stereocenters. The molecule has 0 rings (SSSR count). The van der Waals surface area contributed by atoms with Crippen LogP contribution in [0.25, 0.3) is 0 Å². The van der Waals surface area contributed by atoms with Gasteiger partial charge in [-0.05, 0) is 44.9 Å². The molecule has 0 aliphatic carbocycles. The van der Waals surface area contributed by atoms with E-state index in [-0.39, 0.29) is 31.1 Å². The topological polar surface area (TPSA) is 78.9 Å². The SMILES string of the molecule is CCCCCCCCC/C=C\CCCCCCCCCC(=O)OCC(COC(=O)CCCCCCCCCCCC)OC(=O)CCCCCCCCCCCCCCCCC. The molecular weight excluding hydrogens is 757 g/mol. The van der Waals surface area contributed by atoms with Crippen LogP contribution in [0.15, 0.2) is 12.2 Å². The minimum atomic E-state index is -0.764. The maximum atomic E-state index is 12.8. The number of hydrogen-bond acceptors (Lipinski definition) is 6. The van der Waals surface area contributed by atoms with E-state index in [2.05, 4.69) is 32.9 Å². The van der Waals surface area contributed by atoms with Gasteiger partial charge in [0, 0.05) is 19.3 Å². The second kappa shape index (κ2) is 50.8. The van der Waals surface area contributed by atoms with E-state index in [0.717, 1.165) is 57.8 Å². The van der Waals surface area contributed by atoms with Crippen LogP contribution in [0.2, 0.25) is 0 Å². The summed E-state index contributed by atoms with van der Waals surface area (Å²) in [5.74, 6) is -0.853. The highest BCUT2D eigenvalue weighted by Gasteiger charge is 2.19. The molecule has 6 heteroatoms. The van der Waals surface area contributed by atoms with Gasteiger partial charge in [-0.1, -0.05) is 251 Å². The summed E-state index contributed by atoms with van der Waals surface area (Å²) < 4.78 is 16.8. The number of rotatable bonds is 50. The average Bonchev–Trinajstić information content (AvgIpc) is 3.26. The van der Waals surface area contributed by atoms with Crippen molar-refractivity contribution in [3.8, 4) is 0 Å². The van der Waals surface area contributed by atoms with Crippen molar-refractivity contribution in [2.75, 3.05) is 13.2 Å². The Balaban J connectivity index is 4.28. The second-order valence-corrected chi connectivity index (χ2v) is 18.5. The van der Waals surface area contributed by atoms with Gasteiger partial charge in [0.1, 0.15) is 13.2 Å². The van der Waals surface area contributed by atoms with Gasteiger partial charge in [-0.3, -0.25) is 14.4 Å². The first-order valence-electron chi connectivity index (χ1n) is 27.2. The summed E-state index contributed by atoms with van der Waals surface area (Å²) in [7, 11) is 0. The molecule has 0 N–H and O–H groups in total. The van der Waals surface area contributed by atoms with Crippen molar-refractivity contribution >= 4 is 17.9 Å². The maximum absolute atomic E-state index is 12.8. The lowest BCUT2D eigenvalue weighted by atomic mass is 10.0. The molecule has 61 heavy (non-hydrogen) atoms. The predicted molar refractivity (Wildman–Crippen MR) is 261 cm³/mol. The molecule has 0 bridgehead atoms. The van der Waals surface area contributed by atoms with E-state index < -0.39 is 6.10 Å². The van der Waals surface area contributed by atoms with Gasteiger partial charge in [0.25, 0.3) is 0 Å². The summed E-state index contributed by atoms with van der Waals surface area (Å²) in [6.45, 7) is 6.66. The highest BCUT2D eigenvalue weighted by Crippen LogP contribution is 2.16. The van der Waals surface area contributed by atoms with Crippen LogP contribution in [0, 0.1) is 0 Å². The quantitative estimate of drug-likeness (QED) is 0.0262. The zero-order valence-corrected chi connectivity index (χ0v) is 41.2. The fraction of sp³-hybridized carbons (Fsp3) is 0.909. The van der Waals surface area contributed by atoms with Crippen molar-refractivity contribution in [1.82, 2.24) is 0 Å². The number of allylic oxidation sites excluding steroid dienone is 2. The van der Waals surface area contributed by atoms with Gasteiger partial charge in [-0.25, -0.2) is 0 Å². The molecule has 0 aliphatic rings. The Bertz CT molecular complexity index is 947. The Morgan fingerprint density at radius 1 is 0.311 bits per heavy atom. The number of esters is 3. The highest BCUT2D eigenvalue weighted by atomic mass is 16.6. The van der Waals surface area contributed by atoms with Gasteiger partial charge >= 0.3 is 17.9 Å². The summed E-state index contributed by atoms with van der Waals surface area (Å²) in [6.07, 6.45) is 56.3. The number of hydrogen-bond donors (Lipinski definition) is 0. The third kappa shape index (κ3) is 49.0. The van der Waals surface area contributed by atoms with Crippen LogP contribution in [0.3, 0.4) is 0 Å². The summed E-state index contributed by atoms with van der Waals surface area (Å²) in [6, 6.07) is 0. The van der Waals surface area contributed by atoms with Crippen LogP contribution in [-0.2, 0) is 28.6 Å². The molecule has 0 aromatic carbocycles. The van der Waals surface area contributed by atoms with E-state index in [1.165, 1.54) is 205 Å². The summed E-state index contributed by atoms with van der Waals surface area (Å²) in [4.78, 5) is 38.0. The maximum Gasteiger partial charge on any atom is 0.306 e. The first kappa shape index (κ1) is 59.1. The van der Waals surface area contributed by atoms with E-state index in [4.69, 9.17) is 14.2 Å². The molecule has 0 fully saturated rings. The lowest BCUT2D eigenvalue weighted by molar-refractivity contribution is -0.167. The normalized spacial score (nSPS) is 12.0. The van der Waals surface area contributed by atoms with Gasteiger partial charge in [0.2, 0.25) is 0 Å². The standard InChI is InChI=1S/C55H104O6/c1-4-7-10-13-16-19-22-24-26-27-28-30-31-33-36-39-42-45-48-54(57)60-51-52(50-59-53(56)47-44-41-38-35-21-18-15-12-9-6-3)61-55(58)49-46-43-40-37-34-32-29-25-23-20-17-14-11-8-5-2/h26-27,52H,4-25,28-51H2,1-3H3/b27-26-. The fourth-order valence-electron chi connectivity index (χ4n) is 8.14. The Labute approximate surface area is 380 Å². The van der Waals surface area contributed by atoms with Gasteiger partial charge in [0.05, 0.1) is 0 Å². The molecule has 1 atom stereocenters. The Hall–Kier alpha value is -1.85. The van der Waals surface area contributed by atoms with Crippen LogP contribution in [-0.4, -0.2) is 37.2 Å². The Morgan fingerprint density at radius 3 is 0.820 bits per heavy atom. The molecule has 360 valence electrons. The summed E-state index contributed by atoms with van der Waals surface area (Å²) in [5.41, 5.74) is 0. The van der Waals surface area contributed by atoms with Crippen LogP contribution in [0.5, 0.6) is 0 Å². The molecule has 0 saturated carbocycles. The van der Waals surface area contributed by atoms with E-state index in [9.17, 15) is 14.4 Å². The van der Waals surface area contributed by atoms with Crippen LogP contribution in [0.1, 0.15) is 303 Å². The minimum Gasteiger partial charge on any atom is -0.462 e. The predicted octanol–water partition coefficient (Wildman–Crippen LogP) is 17.8. The molecule has 0 radical (unpaired) electrons. The highest BCUT2D eigenvalue weighted by molar-refractivity contribution is 5.71. The Morgan fingerprint density at radius 2 is 0.541 bits per heavy atom. The van der Waals surface area contributed by atoms with Gasteiger partial charge in [-0.2, -0.15) is 0 Å². The number of carbonyl (C=O) groups is 3. The largest absolute Gasteiger partial charge is 0.462 e. The number of carbonyl (C=O) groups excluding carboxylic acids is 3. The van der Waals surface area contributed by atoms with Crippen LogP contribution >= 0.6 is 0 Å². The average molecular weight is 861 g/mol. The van der Waals surface area contributed by atoms with Crippen LogP contribution in [0.4, 0.5) is 0 Å². The van der Waals surface area contributed by atoms with Crippen molar-refractivity contribution in [1.29, 1.82) is 0 Å². The van der Waals surface area contributed by atoms with Gasteiger partial charge in [0.15, 0.2) is 6.10 Å². The van der Waals surface area contributed by atoms with Crippen molar-refractivity contribution in [2.45, 2.75) is 309 Å². The Kier molecular flexibility index (Phi) is 49.3. The van der Waals surface area contributed by atoms with Gasteiger partial charge in [-0.15, -0.1) is 0 Å². The molecule has 0 spiro atoms. The number of ether oxygens (including phenoxy) is 3. The van der Waals surface area contributed by atoms with Crippen molar-refractivity contribution in [3.05, 3.63) is 12.2 Å². The zero-order valence-electron chi connectivity index (χ0n) is 41.2. The van der Waals surface area contributed by atoms with Crippen molar-refractivity contribution < 1.29 is 28.6 Å². The summed E-state index contributed by atoms with van der Waals surface area (Å²) >= 11 is 0. The molecular formula is C55H104O6. The molecule has 0 aromatic heterocycles. The smallest absolute Gasteiger partial charge is 0.306 e. The zero-order chi connectivity index (χ0) is 44.4. The van der Waals surface area contributed by atoms with E-state index in [1.54, 1.807) is 0 Å². The molecule has 0 saturated heterocycles. The van der Waals surface area contributed by atoms with Gasteiger partial charge < -0.3 is 14.2 Å². The summed E-state index contributed by atoms with van der Waals surface area (Å²) in [5, 5.41) is 0. The first-order valence-corrected chi connectivity index (χ1v) is 27.2. The third-order valence-electron chi connectivity index (χ3n) is 12.3. The van der Waals surface area contributed by atoms with Crippen LogP contribution < -0.4 is 0 Å². The van der Waals surface area contributed by atoms with Crippen molar-refractivity contribution in [2.24, 2.45) is 0 Å². The lowest BCUT2D eigenvalue weighted by Crippen LogP contribution is -2.30. The van der Waals surface area contributed by atoms with E-state index >= 15 is 0 Å². The first-order chi connectivity index (χ1) is 30.0. The van der Waals surface area contributed by atoms with Crippen molar-refractivity contribution in [3.63, 3.8) is 0 Å².